The topological polar surface area (TPSA) is 41.5 Å². The first-order valence-corrected chi connectivity index (χ1v) is 6.83. The Labute approximate surface area is 110 Å². The first-order chi connectivity index (χ1) is 8.24. The first kappa shape index (κ1) is 12.9. The van der Waals surface area contributed by atoms with Crippen LogP contribution in [0.4, 0.5) is 0 Å². The lowest BCUT2D eigenvalue weighted by Gasteiger charge is -2.29. The fourth-order valence-electron chi connectivity index (χ4n) is 2.12. The van der Waals surface area contributed by atoms with Crippen LogP contribution in [0.1, 0.15) is 31.4 Å². The number of aliphatic hydroxyl groups is 1. The Hall–Kier alpha value is -0.580. The highest BCUT2D eigenvalue weighted by molar-refractivity contribution is 9.10. The minimum absolute atomic E-state index is 0.157. The van der Waals surface area contributed by atoms with Crippen molar-refractivity contribution < 1.29 is 9.84 Å². The van der Waals surface area contributed by atoms with Gasteiger partial charge in [-0.1, -0.05) is 22.9 Å². The van der Waals surface area contributed by atoms with Gasteiger partial charge in [-0.15, -0.1) is 0 Å². The van der Waals surface area contributed by atoms with Gasteiger partial charge in [-0.25, -0.2) is 0 Å². The molecule has 2 unspecified atom stereocenters. The molecule has 0 spiro atoms. The van der Waals surface area contributed by atoms with E-state index in [0.29, 0.717) is 0 Å². The Morgan fingerprint density at radius 3 is 3.12 bits per heavy atom. The number of nitrogens with one attached hydrogen (secondary N) is 1. The molecular formula is C13H18BrNO2. The van der Waals surface area contributed by atoms with Gasteiger partial charge in [0.25, 0.3) is 0 Å². The van der Waals surface area contributed by atoms with Gasteiger partial charge < -0.3 is 15.2 Å². The lowest BCUT2D eigenvalue weighted by molar-refractivity contribution is 0.200. The number of hydrogen-bond acceptors (Lipinski definition) is 3. The van der Waals surface area contributed by atoms with E-state index in [1.165, 1.54) is 5.56 Å². The predicted molar refractivity (Wildman–Crippen MR) is 71.3 cm³/mol. The summed E-state index contributed by atoms with van der Waals surface area (Å²) in [4.78, 5) is 0. The van der Waals surface area contributed by atoms with Gasteiger partial charge >= 0.3 is 0 Å². The SMILES string of the molecule is CCC(CO)NC1CCOc2ccc(Br)cc21. The van der Waals surface area contributed by atoms with Crippen molar-refractivity contribution in [3.63, 3.8) is 0 Å². The second-order valence-corrected chi connectivity index (χ2v) is 5.24. The number of fused-ring (bicyclic) bond motifs is 1. The molecule has 0 saturated heterocycles. The molecule has 17 heavy (non-hydrogen) atoms. The summed E-state index contributed by atoms with van der Waals surface area (Å²) in [6.07, 6.45) is 1.87. The molecule has 0 bridgehead atoms. The maximum absolute atomic E-state index is 9.26. The lowest BCUT2D eigenvalue weighted by Crippen LogP contribution is -2.37. The van der Waals surface area contributed by atoms with Gasteiger partial charge in [0.2, 0.25) is 0 Å². The molecule has 2 rings (SSSR count). The maximum atomic E-state index is 9.26. The van der Waals surface area contributed by atoms with Crippen molar-refractivity contribution in [3.8, 4) is 5.75 Å². The van der Waals surface area contributed by atoms with Crippen molar-refractivity contribution in [2.45, 2.75) is 31.8 Å². The summed E-state index contributed by atoms with van der Waals surface area (Å²) in [6, 6.07) is 6.51. The second-order valence-electron chi connectivity index (χ2n) is 4.33. The average molecular weight is 300 g/mol. The minimum Gasteiger partial charge on any atom is -0.493 e. The number of ether oxygens (including phenoxy) is 1. The summed E-state index contributed by atoms with van der Waals surface area (Å²) >= 11 is 3.49. The molecule has 0 aromatic heterocycles. The normalized spacial score (nSPS) is 20.5. The van der Waals surface area contributed by atoms with Gasteiger partial charge in [-0.05, 0) is 24.6 Å². The van der Waals surface area contributed by atoms with Crippen molar-refractivity contribution in [1.82, 2.24) is 5.32 Å². The average Bonchev–Trinajstić information content (AvgIpc) is 2.36. The van der Waals surface area contributed by atoms with Crippen LogP contribution in [0.5, 0.6) is 5.75 Å². The van der Waals surface area contributed by atoms with Crippen LogP contribution in [0.15, 0.2) is 22.7 Å². The van der Waals surface area contributed by atoms with Gasteiger partial charge in [-0.2, -0.15) is 0 Å². The van der Waals surface area contributed by atoms with Crippen LogP contribution in [-0.2, 0) is 0 Å². The summed E-state index contributed by atoms with van der Waals surface area (Å²) in [7, 11) is 0. The number of rotatable bonds is 4. The van der Waals surface area contributed by atoms with E-state index in [0.717, 1.165) is 29.7 Å². The van der Waals surface area contributed by atoms with Gasteiger partial charge in [0.1, 0.15) is 5.75 Å². The summed E-state index contributed by atoms with van der Waals surface area (Å²) in [6.45, 7) is 2.99. The smallest absolute Gasteiger partial charge is 0.124 e. The summed E-state index contributed by atoms with van der Waals surface area (Å²) in [5.41, 5.74) is 1.18. The third kappa shape index (κ3) is 3.00. The van der Waals surface area contributed by atoms with Crippen LogP contribution < -0.4 is 10.1 Å². The molecule has 1 aliphatic rings. The largest absolute Gasteiger partial charge is 0.493 e. The molecule has 94 valence electrons. The Bertz CT molecular complexity index is 380. The van der Waals surface area contributed by atoms with Crippen LogP contribution in [0, 0.1) is 0 Å². The van der Waals surface area contributed by atoms with E-state index < -0.39 is 0 Å². The molecule has 0 radical (unpaired) electrons. The fourth-order valence-corrected chi connectivity index (χ4v) is 2.50. The number of hydrogen-bond donors (Lipinski definition) is 2. The van der Waals surface area contributed by atoms with Crippen molar-refractivity contribution in [1.29, 1.82) is 0 Å². The van der Waals surface area contributed by atoms with Crippen LogP contribution in [0.25, 0.3) is 0 Å². The van der Waals surface area contributed by atoms with Crippen molar-refractivity contribution in [3.05, 3.63) is 28.2 Å². The molecule has 1 heterocycles. The fraction of sp³-hybridized carbons (Fsp3) is 0.538. The molecule has 0 aliphatic carbocycles. The van der Waals surface area contributed by atoms with E-state index in [-0.39, 0.29) is 18.7 Å². The monoisotopic (exact) mass is 299 g/mol. The summed E-state index contributed by atoms with van der Waals surface area (Å²) in [5.74, 6) is 0.949. The highest BCUT2D eigenvalue weighted by Gasteiger charge is 2.23. The molecule has 1 aromatic carbocycles. The zero-order valence-corrected chi connectivity index (χ0v) is 11.5. The Morgan fingerprint density at radius 2 is 2.41 bits per heavy atom. The standard InChI is InChI=1S/C13H18BrNO2/c1-2-10(8-16)15-12-5-6-17-13-4-3-9(14)7-11(12)13/h3-4,7,10,12,15-16H,2,5-6,8H2,1H3. The van der Waals surface area contributed by atoms with Crippen molar-refractivity contribution in [2.75, 3.05) is 13.2 Å². The maximum Gasteiger partial charge on any atom is 0.124 e. The summed E-state index contributed by atoms with van der Waals surface area (Å²) < 4.78 is 6.69. The third-order valence-electron chi connectivity index (χ3n) is 3.16. The van der Waals surface area contributed by atoms with E-state index >= 15 is 0 Å². The van der Waals surface area contributed by atoms with Gasteiger partial charge in [0.15, 0.2) is 0 Å². The molecule has 1 aromatic rings. The molecule has 0 fully saturated rings. The van der Waals surface area contributed by atoms with Crippen molar-refractivity contribution >= 4 is 15.9 Å². The molecule has 0 saturated carbocycles. The molecule has 2 N–H and O–H groups in total. The second kappa shape index (κ2) is 5.85. The van der Waals surface area contributed by atoms with Crippen LogP contribution in [0.2, 0.25) is 0 Å². The van der Waals surface area contributed by atoms with Crippen LogP contribution in [0.3, 0.4) is 0 Å². The molecule has 4 heteroatoms. The first-order valence-electron chi connectivity index (χ1n) is 6.03. The molecular weight excluding hydrogens is 282 g/mol. The molecule has 1 aliphatic heterocycles. The molecule has 3 nitrogen and oxygen atoms in total. The lowest BCUT2D eigenvalue weighted by atomic mass is 9.99. The van der Waals surface area contributed by atoms with E-state index in [4.69, 9.17) is 4.74 Å². The third-order valence-corrected chi connectivity index (χ3v) is 3.65. The van der Waals surface area contributed by atoms with E-state index in [1.807, 2.05) is 12.1 Å². The van der Waals surface area contributed by atoms with E-state index in [9.17, 15) is 5.11 Å². The zero-order chi connectivity index (χ0) is 12.3. The number of halogens is 1. The summed E-state index contributed by atoms with van der Waals surface area (Å²) in [5, 5.41) is 12.7. The highest BCUT2D eigenvalue weighted by Crippen LogP contribution is 2.34. The minimum atomic E-state index is 0.157. The Kier molecular flexibility index (Phi) is 4.42. The van der Waals surface area contributed by atoms with E-state index in [1.54, 1.807) is 0 Å². The Balaban J connectivity index is 2.18. The molecule has 2 atom stereocenters. The van der Waals surface area contributed by atoms with Crippen LogP contribution >= 0.6 is 15.9 Å². The van der Waals surface area contributed by atoms with Gasteiger partial charge in [0, 0.05) is 28.5 Å². The van der Waals surface area contributed by atoms with Gasteiger partial charge in [-0.3, -0.25) is 0 Å². The van der Waals surface area contributed by atoms with E-state index in [2.05, 4.69) is 34.2 Å². The quantitative estimate of drug-likeness (QED) is 0.898. The van der Waals surface area contributed by atoms with Crippen LogP contribution in [-0.4, -0.2) is 24.4 Å². The van der Waals surface area contributed by atoms with Gasteiger partial charge in [0.05, 0.1) is 13.2 Å². The zero-order valence-electron chi connectivity index (χ0n) is 9.95. The highest BCUT2D eigenvalue weighted by atomic mass is 79.9. The van der Waals surface area contributed by atoms with Crippen molar-refractivity contribution in [2.24, 2.45) is 0 Å². The number of benzene rings is 1. The Morgan fingerprint density at radius 1 is 1.59 bits per heavy atom. The predicted octanol–water partition coefficient (Wildman–Crippen LogP) is 2.63. The number of aliphatic hydroxyl groups excluding tert-OH is 1. The molecule has 0 amide bonds.